The molecule has 0 saturated heterocycles. The van der Waals surface area contributed by atoms with Crippen molar-refractivity contribution < 1.29 is 13.6 Å². The molecule has 0 aliphatic carbocycles. The van der Waals surface area contributed by atoms with Crippen molar-refractivity contribution in [2.75, 3.05) is 0 Å². The van der Waals surface area contributed by atoms with Crippen LogP contribution in [0.2, 0.25) is 5.02 Å². The molecule has 0 heterocycles. The molecule has 0 bridgehead atoms. The molecular weight excluding hydrogens is 284 g/mol. The van der Waals surface area contributed by atoms with Crippen LogP contribution in [-0.4, -0.2) is 5.91 Å². The fourth-order valence-corrected chi connectivity index (χ4v) is 2.01. The maximum atomic E-state index is 13.5. The van der Waals surface area contributed by atoms with Crippen LogP contribution in [-0.2, 0) is 0 Å². The second-order valence-corrected chi connectivity index (χ2v) is 4.81. The van der Waals surface area contributed by atoms with E-state index in [-0.39, 0.29) is 11.6 Å². The van der Waals surface area contributed by atoms with Crippen molar-refractivity contribution in [1.82, 2.24) is 5.32 Å². The molecule has 1 amide bonds. The number of rotatable bonds is 3. The van der Waals surface area contributed by atoms with E-state index < -0.39 is 17.5 Å². The standard InChI is InChI=1S/C15H12ClF2NO/c1-9(10-3-2-4-11(16)7-10)19-15(20)13-6-5-12(17)8-14(13)18/h2-9H,1H3,(H,19,20)/t9-/m0/s1. The molecule has 5 heteroatoms. The van der Waals surface area contributed by atoms with Crippen LogP contribution >= 0.6 is 11.6 Å². The largest absolute Gasteiger partial charge is 0.345 e. The van der Waals surface area contributed by atoms with Gasteiger partial charge in [-0.15, -0.1) is 0 Å². The van der Waals surface area contributed by atoms with Gasteiger partial charge in [0, 0.05) is 11.1 Å². The number of carbonyl (C=O) groups is 1. The van der Waals surface area contributed by atoms with E-state index in [1.54, 1.807) is 31.2 Å². The summed E-state index contributed by atoms with van der Waals surface area (Å²) in [5.74, 6) is -2.21. The van der Waals surface area contributed by atoms with Gasteiger partial charge in [-0.25, -0.2) is 8.78 Å². The minimum Gasteiger partial charge on any atom is -0.345 e. The highest BCUT2D eigenvalue weighted by Crippen LogP contribution is 2.18. The smallest absolute Gasteiger partial charge is 0.254 e. The molecule has 0 spiro atoms. The van der Waals surface area contributed by atoms with E-state index in [4.69, 9.17) is 11.6 Å². The van der Waals surface area contributed by atoms with Gasteiger partial charge in [-0.3, -0.25) is 4.79 Å². The number of halogens is 3. The first-order valence-corrected chi connectivity index (χ1v) is 6.36. The number of hydrogen-bond donors (Lipinski definition) is 1. The van der Waals surface area contributed by atoms with Gasteiger partial charge < -0.3 is 5.32 Å². The number of carbonyl (C=O) groups excluding carboxylic acids is 1. The van der Waals surface area contributed by atoms with Gasteiger partial charge in [0.25, 0.3) is 5.91 Å². The van der Waals surface area contributed by atoms with E-state index in [1.807, 2.05) is 0 Å². The van der Waals surface area contributed by atoms with Gasteiger partial charge in [-0.2, -0.15) is 0 Å². The normalized spacial score (nSPS) is 12.0. The Hall–Kier alpha value is -1.94. The summed E-state index contributed by atoms with van der Waals surface area (Å²) in [5, 5.41) is 3.19. The van der Waals surface area contributed by atoms with Gasteiger partial charge in [0.1, 0.15) is 11.6 Å². The Kier molecular flexibility index (Phi) is 4.35. The molecule has 0 aliphatic rings. The molecular formula is C15H12ClF2NO. The molecule has 1 N–H and O–H groups in total. The number of benzene rings is 2. The lowest BCUT2D eigenvalue weighted by Crippen LogP contribution is -2.27. The highest BCUT2D eigenvalue weighted by Gasteiger charge is 2.15. The minimum absolute atomic E-state index is 0.194. The molecule has 2 rings (SSSR count). The van der Waals surface area contributed by atoms with Gasteiger partial charge in [0.15, 0.2) is 0 Å². The molecule has 0 radical (unpaired) electrons. The van der Waals surface area contributed by atoms with Crippen LogP contribution in [0.1, 0.15) is 28.9 Å². The number of hydrogen-bond acceptors (Lipinski definition) is 1. The molecule has 0 aliphatic heterocycles. The average molecular weight is 296 g/mol. The first-order valence-electron chi connectivity index (χ1n) is 5.99. The Morgan fingerprint density at radius 1 is 1.20 bits per heavy atom. The number of nitrogens with one attached hydrogen (secondary N) is 1. The molecule has 0 fully saturated rings. The predicted molar refractivity (Wildman–Crippen MR) is 73.7 cm³/mol. The molecule has 0 saturated carbocycles. The van der Waals surface area contributed by atoms with Gasteiger partial charge in [0.2, 0.25) is 0 Å². The topological polar surface area (TPSA) is 29.1 Å². The highest BCUT2D eigenvalue weighted by atomic mass is 35.5. The summed E-state index contributed by atoms with van der Waals surface area (Å²) in [6.45, 7) is 1.75. The quantitative estimate of drug-likeness (QED) is 0.907. The Labute approximate surface area is 120 Å². The third kappa shape index (κ3) is 3.33. The highest BCUT2D eigenvalue weighted by molar-refractivity contribution is 6.30. The van der Waals surface area contributed by atoms with Crippen LogP contribution in [0.15, 0.2) is 42.5 Å². The fraction of sp³-hybridized carbons (Fsp3) is 0.133. The molecule has 0 aromatic heterocycles. The first kappa shape index (κ1) is 14.5. The summed E-state index contributed by atoms with van der Waals surface area (Å²) in [5.41, 5.74) is 0.605. The number of amides is 1. The van der Waals surface area contributed by atoms with Crippen LogP contribution in [0.5, 0.6) is 0 Å². The Morgan fingerprint density at radius 2 is 1.95 bits per heavy atom. The zero-order valence-corrected chi connectivity index (χ0v) is 11.4. The zero-order valence-electron chi connectivity index (χ0n) is 10.7. The summed E-state index contributed by atoms with van der Waals surface area (Å²) in [6.07, 6.45) is 0. The maximum absolute atomic E-state index is 13.5. The van der Waals surface area contributed by atoms with Gasteiger partial charge in [-0.1, -0.05) is 23.7 Å². The van der Waals surface area contributed by atoms with Crippen LogP contribution < -0.4 is 5.32 Å². The Morgan fingerprint density at radius 3 is 2.60 bits per heavy atom. The van der Waals surface area contributed by atoms with E-state index in [2.05, 4.69) is 5.32 Å². The van der Waals surface area contributed by atoms with E-state index in [0.29, 0.717) is 11.1 Å². The second kappa shape index (κ2) is 6.01. The van der Waals surface area contributed by atoms with Crippen molar-refractivity contribution in [1.29, 1.82) is 0 Å². The van der Waals surface area contributed by atoms with Gasteiger partial charge >= 0.3 is 0 Å². The SMILES string of the molecule is C[C@H](NC(=O)c1ccc(F)cc1F)c1cccc(Cl)c1. The minimum atomic E-state index is -0.888. The van der Waals surface area contributed by atoms with Crippen molar-refractivity contribution in [3.63, 3.8) is 0 Å². The third-order valence-electron chi connectivity index (χ3n) is 2.87. The monoisotopic (exact) mass is 295 g/mol. The summed E-state index contributed by atoms with van der Waals surface area (Å²) in [7, 11) is 0. The third-order valence-corrected chi connectivity index (χ3v) is 3.11. The van der Waals surface area contributed by atoms with E-state index >= 15 is 0 Å². The summed E-state index contributed by atoms with van der Waals surface area (Å²) in [6, 6.07) is 9.50. The summed E-state index contributed by atoms with van der Waals surface area (Å²) in [4.78, 5) is 11.9. The van der Waals surface area contributed by atoms with E-state index in [9.17, 15) is 13.6 Å². The molecule has 2 aromatic rings. The van der Waals surface area contributed by atoms with Crippen LogP contribution in [0.4, 0.5) is 8.78 Å². The zero-order chi connectivity index (χ0) is 14.7. The molecule has 104 valence electrons. The lowest BCUT2D eigenvalue weighted by molar-refractivity contribution is 0.0935. The van der Waals surface area contributed by atoms with Crippen LogP contribution in [0.3, 0.4) is 0 Å². The Balaban J connectivity index is 2.15. The summed E-state index contributed by atoms with van der Waals surface area (Å²) >= 11 is 5.87. The van der Waals surface area contributed by atoms with E-state index in [1.165, 1.54) is 0 Å². The predicted octanol–water partition coefficient (Wildman–Crippen LogP) is 4.11. The van der Waals surface area contributed by atoms with Crippen molar-refractivity contribution >= 4 is 17.5 Å². The van der Waals surface area contributed by atoms with Crippen LogP contribution in [0, 0.1) is 11.6 Å². The summed E-state index contributed by atoms with van der Waals surface area (Å²) < 4.78 is 26.3. The second-order valence-electron chi connectivity index (χ2n) is 4.37. The average Bonchev–Trinajstić information content (AvgIpc) is 2.38. The Bertz CT molecular complexity index is 646. The van der Waals surface area contributed by atoms with Crippen molar-refractivity contribution in [2.45, 2.75) is 13.0 Å². The van der Waals surface area contributed by atoms with Crippen molar-refractivity contribution in [3.8, 4) is 0 Å². The lowest BCUT2D eigenvalue weighted by atomic mass is 10.1. The molecule has 20 heavy (non-hydrogen) atoms. The van der Waals surface area contributed by atoms with Crippen molar-refractivity contribution in [2.24, 2.45) is 0 Å². The molecule has 1 atom stereocenters. The van der Waals surface area contributed by atoms with Gasteiger partial charge in [-0.05, 0) is 36.8 Å². The molecule has 2 aromatic carbocycles. The fourth-order valence-electron chi connectivity index (χ4n) is 1.81. The van der Waals surface area contributed by atoms with Crippen LogP contribution in [0.25, 0.3) is 0 Å². The molecule has 0 unspecified atom stereocenters. The lowest BCUT2D eigenvalue weighted by Gasteiger charge is -2.15. The molecule has 2 nitrogen and oxygen atoms in total. The maximum Gasteiger partial charge on any atom is 0.254 e. The van der Waals surface area contributed by atoms with Gasteiger partial charge in [0.05, 0.1) is 11.6 Å². The first-order chi connectivity index (χ1) is 9.47. The van der Waals surface area contributed by atoms with Crippen molar-refractivity contribution in [3.05, 3.63) is 70.2 Å². The van der Waals surface area contributed by atoms with E-state index in [0.717, 1.165) is 17.7 Å².